The molecule has 0 N–H and O–H groups in total. The molecule has 0 atom stereocenters. The summed E-state index contributed by atoms with van der Waals surface area (Å²) >= 11 is 0. The van der Waals surface area contributed by atoms with Crippen LogP contribution < -0.4 is 0 Å². The SMILES string of the molecule is Cc1ccc(-c2cc(-c3ccc4ccccc4c3)nc3c2ccc2c(-c4ccc(C(F)(F)F)cc4)cc(-c4ccc5ccccc5c4)nc23)cc1. The van der Waals surface area contributed by atoms with Gasteiger partial charge >= 0.3 is 6.18 Å². The fraction of sp³-hybridized carbons (Fsp3) is 0.0435. The molecule has 2 aromatic heterocycles. The zero-order chi connectivity index (χ0) is 34.7. The summed E-state index contributed by atoms with van der Waals surface area (Å²) in [6.45, 7) is 2.07. The molecule has 9 aromatic rings. The summed E-state index contributed by atoms with van der Waals surface area (Å²) in [5, 5.41) is 6.20. The lowest BCUT2D eigenvalue weighted by Gasteiger charge is -2.16. The number of hydrogen-bond donors (Lipinski definition) is 0. The zero-order valence-electron chi connectivity index (χ0n) is 27.5. The monoisotopic (exact) mass is 666 g/mol. The maximum Gasteiger partial charge on any atom is 0.416 e. The number of fused-ring (bicyclic) bond motifs is 5. The molecule has 0 aliphatic heterocycles. The molecule has 51 heavy (non-hydrogen) atoms. The van der Waals surface area contributed by atoms with E-state index in [1.54, 1.807) is 12.1 Å². The summed E-state index contributed by atoms with van der Waals surface area (Å²) in [5.74, 6) is 0. The Balaban J connectivity index is 1.36. The molecule has 9 rings (SSSR count). The third kappa shape index (κ3) is 5.57. The van der Waals surface area contributed by atoms with Gasteiger partial charge in [0, 0.05) is 21.9 Å². The van der Waals surface area contributed by atoms with Crippen molar-refractivity contribution in [3.05, 3.63) is 169 Å². The molecule has 5 heteroatoms. The number of aryl methyl sites for hydroxylation is 1. The lowest BCUT2D eigenvalue weighted by atomic mass is 9.93. The summed E-state index contributed by atoms with van der Waals surface area (Å²) in [6, 6.07) is 51.1. The van der Waals surface area contributed by atoms with Crippen LogP contribution in [0.1, 0.15) is 11.1 Å². The van der Waals surface area contributed by atoms with E-state index in [4.69, 9.17) is 9.97 Å². The summed E-state index contributed by atoms with van der Waals surface area (Å²) in [7, 11) is 0. The van der Waals surface area contributed by atoms with E-state index in [2.05, 4.69) is 97.9 Å². The predicted octanol–water partition coefficient (Wildman–Crippen LogP) is 13.1. The molecular formula is C46H29F3N2. The quantitative estimate of drug-likeness (QED) is 0.175. The summed E-state index contributed by atoms with van der Waals surface area (Å²) < 4.78 is 40.8. The Labute approximate surface area is 292 Å². The van der Waals surface area contributed by atoms with Crippen molar-refractivity contribution in [1.82, 2.24) is 9.97 Å². The van der Waals surface area contributed by atoms with Crippen molar-refractivity contribution in [2.24, 2.45) is 0 Å². The Kier molecular flexibility index (Phi) is 7.18. The molecule has 244 valence electrons. The smallest absolute Gasteiger partial charge is 0.245 e. The number of nitrogens with zero attached hydrogens (tertiary/aromatic N) is 2. The van der Waals surface area contributed by atoms with Gasteiger partial charge < -0.3 is 0 Å². The molecule has 0 saturated carbocycles. The van der Waals surface area contributed by atoms with E-state index in [-0.39, 0.29) is 0 Å². The molecule has 0 unspecified atom stereocenters. The highest BCUT2D eigenvalue weighted by Crippen LogP contribution is 2.41. The van der Waals surface area contributed by atoms with Crippen LogP contribution in [0.15, 0.2) is 158 Å². The van der Waals surface area contributed by atoms with E-state index in [0.717, 1.165) is 83.5 Å². The second-order valence-corrected chi connectivity index (χ2v) is 13.0. The maximum atomic E-state index is 13.6. The van der Waals surface area contributed by atoms with E-state index in [9.17, 15) is 13.2 Å². The number of benzene rings is 7. The highest BCUT2D eigenvalue weighted by Gasteiger charge is 2.30. The first-order chi connectivity index (χ1) is 24.8. The average Bonchev–Trinajstić information content (AvgIpc) is 3.16. The standard InChI is InChI=1S/C46H29F3N2/c1-28-10-12-31(13-11-28)40-26-42(35-16-14-29-6-2-4-8-33(29)24-35)50-44-38(40)22-23-39-41(32-18-20-37(21-19-32)46(47,48)49)27-43(51-45(39)44)36-17-15-30-7-3-5-9-34(30)25-36/h2-27H,1H3. The van der Waals surface area contributed by atoms with Gasteiger partial charge in [0.05, 0.1) is 28.0 Å². The second kappa shape index (κ2) is 11.9. The lowest BCUT2D eigenvalue weighted by molar-refractivity contribution is -0.137. The first-order valence-electron chi connectivity index (χ1n) is 16.8. The van der Waals surface area contributed by atoms with Gasteiger partial charge in [-0.05, 0) is 87.1 Å². The number of halogens is 3. The Hall–Kier alpha value is -6.33. The van der Waals surface area contributed by atoms with Gasteiger partial charge in [-0.2, -0.15) is 13.2 Å². The minimum Gasteiger partial charge on any atom is -0.245 e. The van der Waals surface area contributed by atoms with Crippen molar-refractivity contribution < 1.29 is 13.2 Å². The zero-order valence-corrected chi connectivity index (χ0v) is 27.5. The number of rotatable bonds is 4. The fourth-order valence-corrected chi connectivity index (χ4v) is 7.02. The molecule has 0 bridgehead atoms. The van der Waals surface area contributed by atoms with Crippen molar-refractivity contribution in [2.45, 2.75) is 13.1 Å². The second-order valence-electron chi connectivity index (χ2n) is 13.0. The first-order valence-corrected chi connectivity index (χ1v) is 16.8. The van der Waals surface area contributed by atoms with Gasteiger partial charge in [-0.15, -0.1) is 0 Å². The number of aromatic nitrogens is 2. The van der Waals surface area contributed by atoms with Gasteiger partial charge in [-0.3, -0.25) is 0 Å². The minimum atomic E-state index is -4.43. The van der Waals surface area contributed by atoms with Crippen LogP contribution in [-0.4, -0.2) is 9.97 Å². The Morgan fingerprint density at radius 2 is 0.824 bits per heavy atom. The van der Waals surface area contributed by atoms with Crippen molar-refractivity contribution in [3.8, 4) is 44.8 Å². The molecule has 0 saturated heterocycles. The van der Waals surface area contributed by atoms with Crippen LogP contribution in [0.3, 0.4) is 0 Å². The van der Waals surface area contributed by atoms with Gasteiger partial charge in [0.25, 0.3) is 0 Å². The third-order valence-corrected chi connectivity index (χ3v) is 9.73. The van der Waals surface area contributed by atoms with Crippen molar-refractivity contribution >= 4 is 43.4 Å². The minimum absolute atomic E-state index is 0.668. The van der Waals surface area contributed by atoms with Gasteiger partial charge in [-0.1, -0.05) is 127 Å². The predicted molar refractivity (Wildman–Crippen MR) is 204 cm³/mol. The van der Waals surface area contributed by atoms with E-state index in [1.165, 1.54) is 5.56 Å². The molecule has 0 amide bonds. The molecule has 0 spiro atoms. The van der Waals surface area contributed by atoms with Crippen LogP contribution in [-0.2, 0) is 6.18 Å². The summed E-state index contributed by atoms with van der Waals surface area (Å²) in [4.78, 5) is 10.7. The van der Waals surface area contributed by atoms with E-state index < -0.39 is 11.7 Å². The van der Waals surface area contributed by atoms with Gasteiger partial charge in [-0.25, -0.2) is 9.97 Å². The highest BCUT2D eigenvalue weighted by atomic mass is 19.4. The Bertz CT molecular complexity index is 2780. The van der Waals surface area contributed by atoms with Crippen LogP contribution in [0, 0.1) is 6.92 Å². The van der Waals surface area contributed by atoms with Crippen LogP contribution in [0.4, 0.5) is 13.2 Å². The van der Waals surface area contributed by atoms with E-state index >= 15 is 0 Å². The Morgan fingerprint density at radius 3 is 1.27 bits per heavy atom. The molecule has 0 radical (unpaired) electrons. The van der Waals surface area contributed by atoms with Crippen molar-refractivity contribution in [2.75, 3.05) is 0 Å². The molecule has 2 nitrogen and oxygen atoms in total. The van der Waals surface area contributed by atoms with Crippen molar-refractivity contribution in [1.29, 1.82) is 0 Å². The molecule has 0 aliphatic rings. The third-order valence-electron chi connectivity index (χ3n) is 9.73. The van der Waals surface area contributed by atoms with Gasteiger partial charge in [0.15, 0.2) is 0 Å². The molecule has 7 aromatic carbocycles. The normalized spacial score (nSPS) is 11.9. The summed E-state index contributed by atoms with van der Waals surface area (Å²) in [6.07, 6.45) is -4.43. The number of alkyl halides is 3. The molecular weight excluding hydrogens is 638 g/mol. The highest BCUT2D eigenvalue weighted by molar-refractivity contribution is 6.13. The van der Waals surface area contributed by atoms with Gasteiger partial charge in [0.2, 0.25) is 0 Å². The number of hydrogen-bond acceptors (Lipinski definition) is 2. The van der Waals surface area contributed by atoms with Crippen molar-refractivity contribution in [3.63, 3.8) is 0 Å². The first kappa shape index (κ1) is 30.7. The molecule has 2 heterocycles. The topological polar surface area (TPSA) is 25.8 Å². The molecule has 0 fully saturated rings. The van der Waals surface area contributed by atoms with Crippen LogP contribution in [0.5, 0.6) is 0 Å². The van der Waals surface area contributed by atoms with Crippen LogP contribution in [0.2, 0.25) is 0 Å². The van der Waals surface area contributed by atoms with E-state index in [0.29, 0.717) is 16.8 Å². The lowest BCUT2D eigenvalue weighted by Crippen LogP contribution is -2.04. The van der Waals surface area contributed by atoms with Crippen LogP contribution >= 0.6 is 0 Å². The molecule has 0 aliphatic carbocycles. The van der Waals surface area contributed by atoms with Gasteiger partial charge in [0.1, 0.15) is 0 Å². The number of pyridine rings is 2. The average molecular weight is 667 g/mol. The van der Waals surface area contributed by atoms with E-state index in [1.807, 2.05) is 42.5 Å². The maximum absolute atomic E-state index is 13.6. The largest absolute Gasteiger partial charge is 0.416 e. The Morgan fingerprint density at radius 1 is 0.412 bits per heavy atom. The van der Waals surface area contributed by atoms with Crippen LogP contribution in [0.25, 0.3) is 88.1 Å². The summed E-state index contributed by atoms with van der Waals surface area (Å²) in [5.41, 5.74) is 8.84. The fourth-order valence-electron chi connectivity index (χ4n) is 7.02.